The van der Waals surface area contributed by atoms with Gasteiger partial charge in [0.15, 0.2) is 0 Å². The van der Waals surface area contributed by atoms with Crippen molar-refractivity contribution in [3.05, 3.63) is 28.5 Å². The number of rotatable bonds is 2. The monoisotopic (exact) mass is 189 g/mol. The Morgan fingerprint density at radius 1 is 1.58 bits per heavy atom. The number of methoxy groups -OCH3 is 1. The van der Waals surface area contributed by atoms with E-state index in [2.05, 4.69) is 0 Å². The molecule has 1 rings (SSSR count). The van der Waals surface area contributed by atoms with E-state index in [4.69, 9.17) is 22.1 Å². The second kappa shape index (κ2) is 3.74. The number of halogens is 2. The summed E-state index contributed by atoms with van der Waals surface area (Å²) >= 11 is 5.62. The molecule has 0 aliphatic rings. The first-order valence-electron chi connectivity index (χ1n) is 3.41. The molecule has 0 unspecified atom stereocenters. The third-order valence-electron chi connectivity index (χ3n) is 1.57. The van der Waals surface area contributed by atoms with Gasteiger partial charge in [0.05, 0.1) is 7.11 Å². The first kappa shape index (κ1) is 9.29. The van der Waals surface area contributed by atoms with Gasteiger partial charge in [0.25, 0.3) is 0 Å². The van der Waals surface area contributed by atoms with Crippen molar-refractivity contribution in [2.45, 2.75) is 6.54 Å². The highest BCUT2D eigenvalue weighted by atomic mass is 35.5. The number of nitrogens with two attached hydrogens (primary N) is 1. The largest absolute Gasteiger partial charge is 0.495 e. The van der Waals surface area contributed by atoms with Crippen LogP contribution in [-0.2, 0) is 6.54 Å². The normalized spacial score (nSPS) is 10.0. The first-order valence-corrected chi connectivity index (χ1v) is 3.79. The Bertz CT molecular complexity index is 262. The van der Waals surface area contributed by atoms with Crippen LogP contribution in [0, 0.1) is 5.82 Å². The molecule has 0 radical (unpaired) electrons. The molecule has 0 spiro atoms. The van der Waals surface area contributed by atoms with Gasteiger partial charge in [-0.2, -0.15) is 0 Å². The van der Waals surface area contributed by atoms with Gasteiger partial charge in [-0.05, 0) is 6.07 Å². The van der Waals surface area contributed by atoms with Crippen molar-refractivity contribution in [2.24, 2.45) is 5.73 Å². The van der Waals surface area contributed by atoms with E-state index < -0.39 is 5.82 Å². The van der Waals surface area contributed by atoms with Gasteiger partial charge in [0, 0.05) is 12.1 Å². The zero-order valence-electron chi connectivity index (χ0n) is 6.60. The van der Waals surface area contributed by atoms with E-state index in [0.717, 1.165) is 0 Å². The molecule has 1 aromatic carbocycles. The van der Waals surface area contributed by atoms with Gasteiger partial charge in [0.1, 0.15) is 16.6 Å². The Morgan fingerprint density at radius 2 is 2.25 bits per heavy atom. The van der Waals surface area contributed by atoms with Crippen LogP contribution in [0.25, 0.3) is 0 Å². The number of benzene rings is 1. The molecule has 0 aliphatic carbocycles. The van der Waals surface area contributed by atoms with Gasteiger partial charge in [-0.3, -0.25) is 0 Å². The van der Waals surface area contributed by atoms with Crippen LogP contribution in [0.3, 0.4) is 0 Å². The fraction of sp³-hybridized carbons (Fsp3) is 0.250. The van der Waals surface area contributed by atoms with E-state index >= 15 is 0 Å². The molecule has 1 aromatic rings. The highest BCUT2D eigenvalue weighted by molar-refractivity contribution is 6.32. The van der Waals surface area contributed by atoms with Crippen molar-refractivity contribution in [1.82, 2.24) is 0 Å². The Kier molecular flexibility index (Phi) is 2.89. The van der Waals surface area contributed by atoms with Gasteiger partial charge in [-0.25, -0.2) is 4.39 Å². The number of hydrogen-bond donors (Lipinski definition) is 1. The second-order valence-corrected chi connectivity index (χ2v) is 2.64. The SMILES string of the molecule is COc1ccc(CN)c(F)c1Cl. The fourth-order valence-corrected chi connectivity index (χ4v) is 1.15. The molecule has 0 aliphatic heterocycles. The molecule has 4 heteroatoms. The Balaban J connectivity index is 3.20. The van der Waals surface area contributed by atoms with Crippen LogP contribution in [0.15, 0.2) is 12.1 Å². The van der Waals surface area contributed by atoms with E-state index in [9.17, 15) is 4.39 Å². The number of hydrogen-bond acceptors (Lipinski definition) is 2. The zero-order chi connectivity index (χ0) is 9.14. The first-order chi connectivity index (χ1) is 5.70. The molecule has 12 heavy (non-hydrogen) atoms. The van der Waals surface area contributed by atoms with Crippen molar-refractivity contribution < 1.29 is 9.13 Å². The fourth-order valence-electron chi connectivity index (χ4n) is 0.887. The summed E-state index contributed by atoms with van der Waals surface area (Å²) < 4.78 is 18.0. The summed E-state index contributed by atoms with van der Waals surface area (Å²) in [4.78, 5) is 0. The van der Waals surface area contributed by atoms with Crippen molar-refractivity contribution in [2.75, 3.05) is 7.11 Å². The summed E-state index contributed by atoms with van der Waals surface area (Å²) in [5.74, 6) is -0.176. The van der Waals surface area contributed by atoms with Crippen molar-refractivity contribution >= 4 is 11.6 Å². The van der Waals surface area contributed by atoms with E-state index in [-0.39, 0.29) is 11.6 Å². The average Bonchev–Trinajstić information content (AvgIpc) is 2.10. The van der Waals surface area contributed by atoms with Crippen LogP contribution in [-0.4, -0.2) is 7.11 Å². The van der Waals surface area contributed by atoms with Crippen LogP contribution in [0.1, 0.15) is 5.56 Å². The predicted molar refractivity (Wildman–Crippen MR) is 45.9 cm³/mol. The maximum absolute atomic E-state index is 13.2. The van der Waals surface area contributed by atoms with E-state index in [0.29, 0.717) is 11.3 Å². The standard InChI is InChI=1S/C8H9ClFNO/c1-12-6-3-2-5(4-11)8(10)7(6)9/h2-3H,4,11H2,1H3. The summed E-state index contributed by atoms with van der Waals surface area (Å²) in [7, 11) is 1.43. The van der Waals surface area contributed by atoms with Crippen LogP contribution in [0.2, 0.25) is 5.02 Å². The maximum atomic E-state index is 13.2. The van der Waals surface area contributed by atoms with Crippen molar-refractivity contribution in [3.63, 3.8) is 0 Å². The molecular weight excluding hydrogens is 181 g/mol. The molecule has 0 fully saturated rings. The highest BCUT2D eigenvalue weighted by Gasteiger charge is 2.10. The van der Waals surface area contributed by atoms with Gasteiger partial charge in [-0.15, -0.1) is 0 Å². The predicted octanol–water partition coefficient (Wildman–Crippen LogP) is 1.95. The Hall–Kier alpha value is -0.800. The maximum Gasteiger partial charge on any atom is 0.150 e. The smallest absolute Gasteiger partial charge is 0.150 e. The lowest BCUT2D eigenvalue weighted by atomic mass is 10.2. The summed E-state index contributed by atoms with van der Waals surface area (Å²) in [5.41, 5.74) is 5.66. The summed E-state index contributed by atoms with van der Waals surface area (Å²) in [6, 6.07) is 3.15. The summed E-state index contributed by atoms with van der Waals surface area (Å²) in [5, 5.41) is -0.0135. The molecule has 0 aromatic heterocycles. The molecule has 0 atom stereocenters. The van der Waals surface area contributed by atoms with Crippen molar-refractivity contribution in [3.8, 4) is 5.75 Å². The minimum Gasteiger partial charge on any atom is -0.495 e. The van der Waals surface area contributed by atoms with Gasteiger partial charge in [0.2, 0.25) is 0 Å². The molecule has 0 saturated heterocycles. The topological polar surface area (TPSA) is 35.2 Å². The molecule has 0 amide bonds. The zero-order valence-corrected chi connectivity index (χ0v) is 7.36. The molecule has 2 N–H and O–H groups in total. The van der Waals surface area contributed by atoms with E-state index in [1.165, 1.54) is 7.11 Å². The highest BCUT2D eigenvalue weighted by Crippen LogP contribution is 2.28. The second-order valence-electron chi connectivity index (χ2n) is 2.26. The average molecular weight is 190 g/mol. The van der Waals surface area contributed by atoms with Crippen LogP contribution >= 0.6 is 11.6 Å². The third kappa shape index (κ3) is 1.52. The number of ether oxygens (including phenoxy) is 1. The molecular formula is C8H9ClFNO. The lowest BCUT2D eigenvalue weighted by Crippen LogP contribution is -2.00. The quantitative estimate of drug-likeness (QED) is 0.772. The van der Waals surface area contributed by atoms with Crippen LogP contribution in [0.5, 0.6) is 5.75 Å². The van der Waals surface area contributed by atoms with Gasteiger partial charge >= 0.3 is 0 Å². The molecule has 2 nitrogen and oxygen atoms in total. The molecule has 0 bridgehead atoms. The Morgan fingerprint density at radius 3 is 2.75 bits per heavy atom. The lowest BCUT2D eigenvalue weighted by molar-refractivity contribution is 0.411. The molecule has 0 saturated carbocycles. The lowest BCUT2D eigenvalue weighted by Gasteiger charge is -2.06. The third-order valence-corrected chi connectivity index (χ3v) is 1.92. The van der Waals surface area contributed by atoms with E-state index in [1.54, 1.807) is 12.1 Å². The Labute approximate surface area is 75.1 Å². The molecule has 0 heterocycles. The van der Waals surface area contributed by atoms with Crippen LogP contribution < -0.4 is 10.5 Å². The van der Waals surface area contributed by atoms with Gasteiger partial charge in [-0.1, -0.05) is 17.7 Å². The van der Waals surface area contributed by atoms with Crippen LogP contribution in [0.4, 0.5) is 4.39 Å². The van der Waals surface area contributed by atoms with Gasteiger partial charge < -0.3 is 10.5 Å². The molecule has 66 valence electrons. The summed E-state index contributed by atoms with van der Waals surface area (Å²) in [6.45, 7) is 0.134. The van der Waals surface area contributed by atoms with Crippen molar-refractivity contribution in [1.29, 1.82) is 0 Å². The minimum atomic E-state index is -0.501. The van der Waals surface area contributed by atoms with E-state index in [1.807, 2.05) is 0 Å². The summed E-state index contributed by atoms with van der Waals surface area (Å²) in [6.07, 6.45) is 0. The minimum absolute atomic E-state index is 0.0135.